The van der Waals surface area contributed by atoms with E-state index in [1.54, 1.807) is 11.8 Å². The second kappa shape index (κ2) is 8.96. The van der Waals surface area contributed by atoms with Gasteiger partial charge in [0.05, 0.1) is 13.7 Å². The zero-order valence-corrected chi connectivity index (χ0v) is 20.2. The molecule has 36 heavy (non-hydrogen) atoms. The Morgan fingerprint density at radius 1 is 1.06 bits per heavy atom. The zero-order chi connectivity index (χ0) is 24.6. The SMILES string of the molecule is COc1ccc(Cn2nnnc2C(c2cc3cc(C)ccc3[nH]c2=O)N2CCc3ccccc32)cc1. The largest absolute Gasteiger partial charge is 0.497 e. The number of fused-ring (bicyclic) bond motifs is 2. The molecular formula is C28H26N6O2. The number of rotatable bonds is 6. The van der Waals surface area contributed by atoms with Gasteiger partial charge in [-0.2, -0.15) is 0 Å². The molecule has 3 heterocycles. The summed E-state index contributed by atoms with van der Waals surface area (Å²) in [5.41, 5.74) is 5.82. The third-order valence-corrected chi connectivity index (χ3v) is 6.85. The number of hydrogen-bond acceptors (Lipinski definition) is 6. The maximum Gasteiger partial charge on any atom is 0.254 e. The Morgan fingerprint density at radius 2 is 1.89 bits per heavy atom. The Kier molecular flexibility index (Phi) is 5.48. The van der Waals surface area contributed by atoms with Gasteiger partial charge >= 0.3 is 0 Å². The average Bonchev–Trinajstić information content (AvgIpc) is 3.53. The first-order valence-electron chi connectivity index (χ1n) is 12.0. The molecule has 0 aliphatic carbocycles. The quantitative estimate of drug-likeness (QED) is 0.396. The molecular weight excluding hydrogens is 452 g/mol. The molecule has 6 rings (SSSR count). The number of tetrazole rings is 1. The second-order valence-electron chi connectivity index (χ2n) is 9.16. The fourth-order valence-electron chi connectivity index (χ4n) is 5.05. The number of nitrogens with zero attached hydrogens (tertiary/aromatic N) is 5. The molecule has 1 atom stereocenters. The van der Waals surface area contributed by atoms with Crippen molar-refractivity contribution in [2.24, 2.45) is 0 Å². The van der Waals surface area contributed by atoms with Gasteiger partial charge in [0.25, 0.3) is 5.56 Å². The summed E-state index contributed by atoms with van der Waals surface area (Å²) in [6, 6.07) is 23.7. The monoisotopic (exact) mass is 478 g/mol. The molecule has 0 amide bonds. The number of aromatic amines is 1. The van der Waals surface area contributed by atoms with E-state index in [0.717, 1.165) is 46.4 Å². The standard InChI is InChI=1S/C28H26N6O2/c1-18-7-12-24-21(15-18)16-23(28(35)29-24)26(33-14-13-20-5-3-4-6-25(20)33)27-30-31-32-34(27)17-19-8-10-22(36-2)11-9-19/h3-12,15-16,26H,13-14,17H2,1-2H3,(H,29,35). The van der Waals surface area contributed by atoms with Gasteiger partial charge in [0.1, 0.15) is 11.8 Å². The number of H-pyrrole nitrogens is 1. The Balaban J connectivity index is 1.50. The van der Waals surface area contributed by atoms with E-state index in [9.17, 15) is 4.79 Å². The molecule has 0 saturated carbocycles. The normalized spacial score (nSPS) is 13.7. The summed E-state index contributed by atoms with van der Waals surface area (Å²) in [6.45, 7) is 3.29. The van der Waals surface area contributed by atoms with Gasteiger partial charge in [-0.15, -0.1) is 5.10 Å². The highest BCUT2D eigenvalue weighted by Gasteiger charge is 2.34. The molecule has 8 heteroatoms. The number of aromatic nitrogens is 5. The Labute approximate surface area is 208 Å². The number of aryl methyl sites for hydroxylation is 1. The van der Waals surface area contributed by atoms with Crippen molar-refractivity contribution in [1.29, 1.82) is 0 Å². The van der Waals surface area contributed by atoms with E-state index in [1.807, 2.05) is 55.5 Å². The summed E-state index contributed by atoms with van der Waals surface area (Å²) in [4.78, 5) is 18.8. The summed E-state index contributed by atoms with van der Waals surface area (Å²) >= 11 is 0. The lowest BCUT2D eigenvalue weighted by Gasteiger charge is -2.29. The first-order valence-corrected chi connectivity index (χ1v) is 12.0. The van der Waals surface area contributed by atoms with Crippen LogP contribution in [0.2, 0.25) is 0 Å². The Hall–Kier alpha value is -4.46. The molecule has 3 aromatic carbocycles. The zero-order valence-electron chi connectivity index (χ0n) is 20.2. The second-order valence-corrected chi connectivity index (χ2v) is 9.16. The number of methoxy groups -OCH3 is 1. The fourth-order valence-corrected chi connectivity index (χ4v) is 5.05. The molecule has 0 bridgehead atoms. The number of nitrogens with one attached hydrogen (secondary N) is 1. The van der Waals surface area contributed by atoms with Gasteiger partial charge in [-0.1, -0.05) is 42.0 Å². The first kappa shape index (κ1) is 22.0. The van der Waals surface area contributed by atoms with Crippen LogP contribution in [0.15, 0.2) is 77.6 Å². The van der Waals surface area contributed by atoms with Gasteiger partial charge in [0.2, 0.25) is 0 Å². The smallest absolute Gasteiger partial charge is 0.254 e. The van der Waals surface area contributed by atoms with Gasteiger partial charge in [-0.3, -0.25) is 4.79 Å². The summed E-state index contributed by atoms with van der Waals surface area (Å²) in [5.74, 6) is 1.42. The van der Waals surface area contributed by atoms with Crippen LogP contribution in [0.1, 0.15) is 34.1 Å². The minimum Gasteiger partial charge on any atom is -0.497 e. The van der Waals surface area contributed by atoms with E-state index >= 15 is 0 Å². The van der Waals surface area contributed by atoms with Crippen LogP contribution >= 0.6 is 0 Å². The fraction of sp³-hybridized carbons (Fsp3) is 0.214. The van der Waals surface area contributed by atoms with Crippen molar-refractivity contribution in [3.8, 4) is 5.75 Å². The van der Waals surface area contributed by atoms with E-state index in [1.165, 1.54) is 5.56 Å². The molecule has 0 spiro atoms. The van der Waals surface area contributed by atoms with Gasteiger partial charge < -0.3 is 14.6 Å². The maximum atomic E-state index is 13.5. The molecule has 1 unspecified atom stereocenters. The topological polar surface area (TPSA) is 88.9 Å². The van der Waals surface area contributed by atoms with Crippen LogP contribution in [-0.2, 0) is 13.0 Å². The van der Waals surface area contributed by atoms with Crippen LogP contribution in [0, 0.1) is 6.92 Å². The molecule has 180 valence electrons. The van der Waals surface area contributed by atoms with Crippen molar-refractivity contribution in [2.45, 2.75) is 25.9 Å². The molecule has 0 radical (unpaired) electrons. The molecule has 2 aromatic heterocycles. The third-order valence-electron chi connectivity index (χ3n) is 6.85. The number of ether oxygens (including phenoxy) is 1. The van der Waals surface area contributed by atoms with Crippen molar-refractivity contribution in [2.75, 3.05) is 18.6 Å². The van der Waals surface area contributed by atoms with Crippen LogP contribution in [-0.4, -0.2) is 38.8 Å². The molecule has 0 saturated heterocycles. The third kappa shape index (κ3) is 3.90. The summed E-state index contributed by atoms with van der Waals surface area (Å²) < 4.78 is 7.07. The Bertz CT molecular complexity index is 1610. The molecule has 1 N–H and O–H groups in total. The first-order chi connectivity index (χ1) is 17.6. The number of anilines is 1. The number of hydrogen-bond donors (Lipinski definition) is 1. The van der Waals surface area contributed by atoms with Crippen molar-refractivity contribution < 1.29 is 4.74 Å². The summed E-state index contributed by atoms with van der Waals surface area (Å²) in [6.07, 6.45) is 0.900. The van der Waals surface area contributed by atoms with Crippen molar-refractivity contribution >= 4 is 16.6 Å². The van der Waals surface area contributed by atoms with Crippen LogP contribution in [0.3, 0.4) is 0 Å². The molecule has 8 nitrogen and oxygen atoms in total. The average molecular weight is 479 g/mol. The van der Waals surface area contributed by atoms with Crippen LogP contribution in [0.5, 0.6) is 5.75 Å². The van der Waals surface area contributed by atoms with E-state index in [-0.39, 0.29) is 5.56 Å². The van der Waals surface area contributed by atoms with Gasteiger partial charge in [0.15, 0.2) is 5.82 Å². The van der Waals surface area contributed by atoms with Gasteiger partial charge in [-0.05, 0) is 76.7 Å². The van der Waals surface area contributed by atoms with E-state index in [2.05, 4.69) is 49.7 Å². The molecule has 0 fully saturated rings. The summed E-state index contributed by atoms with van der Waals surface area (Å²) in [5, 5.41) is 13.8. The summed E-state index contributed by atoms with van der Waals surface area (Å²) in [7, 11) is 1.65. The van der Waals surface area contributed by atoms with Gasteiger partial charge in [-0.25, -0.2) is 4.68 Å². The highest BCUT2D eigenvalue weighted by molar-refractivity contribution is 5.80. The molecule has 5 aromatic rings. The lowest BCUT2D eigenvalue weighted by atomic mass is 10.0. The van der Waals surface area contributed by atoms with E-state index in [4.69, 9.17) is 4.74 Å². The highest BCUT2D eigenvalue weighted by Crippen LogP contribution is 2.37. The van der Waals surface area contributed by atoms with E-state index < -0.39 is 6.04 Å². The predicted molar refractivity (Wildman–Crippen MR) is 139 cm³/mol. The van der Waals surface area contributed by atoms with E-state index in [0.29, 0.717) is 17.9 Å². The Morgan fingerprint density at radius 3 is 2.72 bits per heavy atom. The predicted octanol–water partition coefficient (Wildman–Crippen LogP) is 4.03. The minimum absolute atomic E-state index is 0.139. The molecule has 1 aliphatic rings. The van der Waals surface area contributed by atoms with Crippen molar-refractivity contribution in [3.05, 3.63) is 111 Å². The minimum atomic E-state index is -0.449. The lowest BCUT2D eigenvalue weighted by Crippen LogP contribution is -2.34. The van der Waals surface area contributed by atoms with Crippen molar-refractivity contribution in [3.63, 3.8) is 0 Å². The van der Waals surface area contributed by atoms with Crippen LogP contribution in [0.4, 0.5) is 5.69 Å². The number of pyridine rings is 1. The molecule has 1 aliphatic heterocycles. The van der Waals surface area contributed by atoms with Crippen LogP contribution in [0.25, 0.3) is 10.9 Å². The van der Waals surface area contributed by atoms with Crippen LogP contribution < -0.4 is 15.2 Å². The number of benzene rings is 3. The highest BCUT2D eigenvalue weighted by atomic mass is 16.5. The maximum absolute atomic E-state index is 13.5. The number of para-hydroxylation sites is 1. The lowest BCUT2D eigenvalue weighted by molar-refractivity contribution is 0.414. The van der Waals surface area contributed by atoms with Gasteiger partial charge in [0, 0.05) is 23.3 Å². The van der Waals surface area contributed by atoms with Crippen molar-refractivity contribution in [1.82, 2.24) is 25.2 Å².